The van der Waals surface area contributed by atoms with Crippen molar-refractivity contribution in [1.82, 2.24) is 10.2 Å². The molecule has 0 aromatic heterocycles. The monoisotopic (exact) mass is 286 g/mol. The largest absolute Gasteiger partial charge is 0.481 e. The zero-order chi connectivity index (χ0) is 15.3. The molecular formula is C13H22N2O5. The number of nitrogens with one attached hydrogen (secondary N) is 1. The Hall–Kier alpha value is -1.79. The molecule has 0 spiro atoms. The normalized spacial score (nSPS) is 23.2. The molecule has 1 saturated heterocycles. The van der Waals surface area contributed by atoms with Gasteiger partial charge in [0.2, 0.25) is 0 Å². The fourth-order valence-electron chi connectivity index (χ4n) is 2.26. The highest BCUT2D eigenvalue weighted by Crippen LogP contribution is 2.34. The van der Waals surface area contributed by atoms with E-state index in [0.29, 0.717) is 19.4 Å². The Kier molecular flexibility index (Phi) is 5.35. The minimum Gasteiger partial charge on any atom is -0.481 e. The smallest absolute Gasteiger partial charge is 0.328 e. The van der Waals surface area contributed by atoms with Gasteiger partial charge in [0.05, 0.1) is 12.0 Å². The van der Waals surface area contributed by atoms with Crippen molar-refractivity contribution in [1.29, 1.82) is 0 Å². The Morgan fingerprint density at radius 1 is 1.40 bits per heavy atom. The molecule has 1 heterocycles. The summed E-state index contributed by atoms with van der Waals surface area (Å²) in [7, 11) is 0. The van der Waals surface area contributed by atoms with E-state index in [4.69, 9.17) is 4.74 Å². The lowest BCUT2D eigenvalue weighted by Crippen LogP contribution is -2.47. The van der Waals surface area contributed by atoms with Crippen molar-refractivity contribution in [3.63, 3.8) is 0 Å². The minimum absolute atomic E-state index is 0.167. The molecule has 2 amide bonds. The zero-order valence-corrected chi connectivity index (χ0v) is 12.1. The third-order valence-electron chi connectivity index (χ3n) is 3.75. The average molecular weight is 286 g/mol. The molecule has 0 saturated carbocycles. The molecule has 1 rings (SSSR count). The quantitative estimate of drug-likeness (QED) is 0.730. The highest BCUT2D eigenvalue weighted by molar-refractivity contribution is 5.84. The van der Waals surface area contributed by atoms with Crippen LogP contribution < -0.4 is 5.32 Å². The maximum atomic E-state index is 12.0. The van der Waals surface area contributed by atoms with E-state index in [0.717, 1.165) is 0 Å². The Balaban J connectivity index is 2.58. The van der Waals surface area contributed by atoms with Crippen LogP contribution in [0.5, 0.6) is 0 Å². The number of carboxylic acids is 1. The van der Waals surface area contributed by atoms with Crippen LogP contribution >= 0.6 is 0 Å². The summed E-state index contributed by atoms with van der Waals surface area (Å²) in [4.78, 5) is 36.2. The van der Waals surface area contributed by atoms with E-state index in [9.17, 15) is 19.5 Å². The number of hydrogen-bond donors (Lipinski definition) is 2. The van der Waals surface area contributed by atoms with Gasteiger partial charge in [-0.15, -0.1) is 0 Å². The van der Waals surface area contributed by atoms with Gasteiger partial charge in [0, 0.05) is 13.1 Å². The van der Waals surface area contributed by atoms with Crippen LogP contribution in [-0.2, 0) is 14.3 Å². The van der Waals surface area contributed by atoms with Gasteiger partial charge in [-0.2, -0.15) is 0 Å². The van der Waals surface area contributed by atoms with E-state index in [1.165, 1.54) is 11.8 Å². The summed E-state index contributed by atoms with van der Waals surface area (Å²) in [6.45, 7) is 5.82. The number of carboxylic acid groups (broad SMARTS) is 1. The lowest BCUT2D eigenvalue weighted by Gasteiger charge is -2.24. The Labute approximate surface area is 118 Å². The van der Waals surface area contributed by atoms with Crippen LogP contribution in [0.15, 0.2) is 0 Å². The number of carbonyl (C=O) groups is 3. The van der Waals surface area contributed by atoms with Crippen LogP contribution in [0.3, 0.4) is 0 Å². The van der Waals surface area contributed by atoms with E-state index >= 15 is 0 Å². The molecular weight excluding hydrogens is 264 g/mol. The van der Waals surface area contributed by atoms with Crippen LogP contribution in [0.4, 0.5) is 4.79 Å². The number of likely N-dealkylation sites (tertiary alicyclic amines) is 1. The van der Waals surface area contributed by atoms with Crippen molar-refractivity contribution in [3.05, 3.63) is 0 Å². The summed E-state index contributed by atoms with van der Waals surface area (Å²) in [5.74, 6) is -1.38. The number of aliphatic carboxylic acids is 1. The standard InChI is InChI=1S/C13H22N2O5/c1-4-13(11(17)18)6-7-15(8-13)12(19)14-9(3)10(16)20-5-2/h9H,4-8H2,1-3H3,(H,14,19)(H,17,18). The number of ether oxygens (including phenoxy) is 1. The van der Waals surface area contributed by atoms with Gasteiger partial charge in [-0.1, -0.05) is 6.92 Å². The summed E-state index contributed by atoms with van der Waals surface area (Å²) in [5.41, 5.74) is -0.871. The lowest BCUT2D eigenvalue weighted by molar-refractivity contribution is -0.148. The van der Waals surface area contributed by atoms with Gasteiger partial charge in [0.1, 0.15) is 6.04 Å². The molecule has 20 heavy (non-hydrogen) atoms. The van der Waals surface area contributed by atoms with Crippen LogP contribution in [-0.4, -0.2) is 53.7 Å². The molecule has 0 bridgehead atoms. The third kappa shape index (κ3) is 3.40. The number of esters is 1. The van der Waals surface area contributed by atoms with Gasteiger partial charge in [-0.3, -0.25) is 4.79 Å². The average Bonchev–Trinajstić information content (AvgIpc) is 2.84. The second-order valence-corrected chi connectivity index (χ2v) is 5.03. The second-order valence-electron chi connectivity index (χ2n) is 5.03. The summed E-state index contributed by atoms with van der Waals surface area (Å²) < 4.78 is 4.80. The van der Waals surface area contributed by atoms with Crippen molar-refractivity contribution in [2.75, 3.05) is 19.7 Å². The molecule has 0 aromatic rings. The van der Waals surface area contributed by atoms with Gasteiger partial charge in [-0.05, 0) is 26.7 Å². The summed E-state index contributed by atoms with van der Waals surface area (Å²) in [6.07, 6.45) is 0.902. The van der Waals surface area contributed by atoms with Crippen molar-refractivity contribution in [2.45, 2.75) is 39.7 Å². The molecule has 1 fully saturated rings. The Bertz CT molecular complexity index is 398. The molecule has 0 aromatic carbocycles. The Morgan fingerprint density at radius 3 is 2.50 bits per heavy atom. The lowest BCUT2D eigenvalue weighted by atomic mass is 9.84. The van der Waals surface area contributed by atoms with Gasteiger partial charge in [-0.25, -0.2) is 9.59 Å². The van der Waals surface area contributed by atoms with Crippen LogP contribution in [0, 0.1) is 5.41 Å². The zero-order valence-electron chi connectivity index (χ0n) is 12.1. The molecule has 7 nitrogen and oxygen atoms in total. The van der Waals surface area contributed by atoms with Gasteiger partial charge < -0.3 is 20.1 Å². The predicted octanol–water partition coefficient (Wildman–Crippen LogP) is 0.834. The SMILES string of the molecule is CCOC(=O)C(C)NC(=O)N1CCC(CC)(C(=O)O)C1. The number of urea groups is 1. The first-order valence-electron chi connectivity index (χ1n) is 6.81. The van der Waals surface area contributed by atoms with E-state index in [1.54, 1.807) is 13.8 Å². The number of amides is 2. The molecule has 7 heteroatoms. The molecule has 0 radical (unpaired) electrons. The molecule has 0 aliphatic carbocycles. The van der Waals surface area contributed by atoms with Gasteiger partial charge in [0.15, 0.2) is 0 Å². The van der Waals surface area contributed by atoms with Crippen LogP contribution in [0.2, 0.25) is 0 Å². The molecule has 114 valence electrons. The topological polar surface area (TPSA) is 95.9 Å². The molecule has 2 unspecified atom stereocenters. The second kappa shape index (κ2) is 6.58. The first-order chi connectivity index (χ1) is 9.36. The van der Waals surface area contributed by atoms with E-state index in [2.05, 4.69) is 5.32 Å². The van der Waals surface area contributed by atoms with Gasteiger partial charge in [0.25, 0.3) is 0 Å². The first kappa shape index (κ1) is 16.3. The third-order valence-corrected chi connectivity index (χ3v) is 3.75. The maximum Gasteiger partial charge on any atom is 0.328 e. The Morgan fingerprint density at radius 2 is 2.05 bits per heavy atom. The van der Waals surface area contributed by atoms with Crippen molar-refractivity contribution in [2.24, 2.45) is 5.41 Å². The maximum absolute atomic E-state index is 12.0. The van der Waals surface area contributed by atoms with Crippen molar-refractivity contribution < 1.29 is 24.2 Å². The number of hydrogen-bond acceptors (Lipinski definition) is 4. The molecule has 1 aliphatic rings. The number of rotatable bonds is 5. The van der Waals surface area contributed by atoms with Gasteiger partial charge >= 0.3 is 18.0 Å². The number of carbonyl (C=O) groups excluding carboxylic acids is 2. The molecule has 2 N–H and O–H groups in total. The van der Waals surface area contributed by atoms with Crippen LogP contribution in [0.25, 0.3) is 0 Å². The highest BCUT2D eigenvalue weighted by Gasteiger charge is 2.45. The van der Waals surface area contributed by atoms with Crippen molar-refractivity contribution >= 4 is 18.0 Å². The summed E-state index contributed by atoms with van der Waals surface area (Å²) >= 11 is 0. The minimum atomic E-state index is -0.881. The highest BCUT2D eigenvalue weighted by atomic mass is 16.5. The first-order valence-corrected chi connectivity index (χ1v) is 6.81. The van der Waals surface area contributed by atoms with Crippen molar-refractivity contribution in [3.8, 4) is 0 Å². The van der Waals surface area contributed by atoms with Crippen LogP contribution in [0.1, 0.15) is 33.6 Å². The fourth-order valence-corrected chi connectivity index (χ4v) is 2.26. The summed E-state index contributed by atoms with van der Waals surface area (Å²) in [6, 6.07) is -1.17. The fraction of sp³-hybridized carbons (Fsp3) is 0.769. The summed E-state index contributed by atoms with van der Waals surface area (Å²) in [5, 5.41) is 11.8. The molecule has 2 atom stereocenters. The van der Waals surface area contributed by atoms with E-state index in [1.807, 2.05) is 0 Å². The van der Waals surface area contributed by atoms with E-state index in [-0.39, 0.29) is 13.2 Å². The molecule has 1 aliphatic heterocycles. The number of nitrogens with zero attached hydrogens (tertiary/aromatic N) is 1. The predicted molar refractivity (Wildman–Crippen MR) is 71.2 cm³/mol. The van der Waals surface area contributed by atoms with E-state index < -0.39 is 29.4 Å².